The van der Waals surface area contributed by atoms with E-state index in [-0.39, 0.29) is 5.91 Å². The molecule has 0 aliphatic carbocycles. The van der Waals surface area contributed by atoms with Gasteiger partial charge in [0.2, 0.25) is 5.91 Å². The zero-order valence-corrected chi connectivity index (χ0v) is 13.8. The third-order valence-corrected chi connectivity index (χ3v) is 3.94. The van der Waals surface area contributed by atoms with Crippen LogP contribution in [0.3, 0.4) is 0 Å². The monoisotopic (exact) mass is 317 g/mol. The van der Waals surface area contributed by atoms with Gasteiger partial charge in [-0.15, -0.1) is 0 Å². The molecule has 0 heterocycles. The first-order chi connectivity index (χ1) is 10.5. The Morgan fingerprint density at radius 2 is 1.91 bits per heavy atom. The van der Waals surface area contributed by atoms with Crippen molar-refractivity contribution in [1.82, 2.24) is 0 Å². The first-order valence-corrected chi connectivity index (χ1v) is 7.57. The summed E-state index contributed by atoms with van der Waals surface area (Å²) in [4.78, 5) is 12.0. The van der Waals surface area contributed by atoms with Crippen molar-refractivity contribution in [2.45, 2.75) is 26.7 Å². The summed E-state index contributed by atoms with van der Waals surface area (Å²) in [5.74, 6) is 0.564. The predicted octanol–water partition coefficient (Wildman–Crippen LogP) is 4.54. The van der Waals surface area contributed by atoms with Gasteiger partial charge in [0.05, 0.1) is 12.1 Å². The van der Waals surface area contributed by atoms with Gasteiger partial charge >= 0.3 is 0 Å². The fourth-order valence-electron chi connectivity index (χ4n) is 2.18. The fraction of sp³-hybridized carbons (Fsp3) is 0.278. The van der Waals surface area contributed by atoms with Crippen LogP contribution in [0.4, 0.5) is 5.69 Å². The fourth-order valence-corrected chi connectivity index (χ4v) is 2.44. The molecule has 4 heteroatoms. The summed E-state index contributed by atoms with van der Waals surface area (Å²) in [6.07, 6.45) is 1.16. The minimum absolute atomic E-state index is 0.0283. The van der Waals surface area contributed by atoms with Crippen LogP contribution in [0.2, 0.25) is 5.02 Å². The van der Waals surface area contributed by atoms with Crippen LogP contribution < -0.4 is 10.1 Å². The molecule has 0 fully saturated rings. The highest BCUT2D eigenvalue weighted by atomic mass is 35.5. The van der Waals surface area contributed by atoms with Crippen molar-refractivity contribution in [3.63, 3.8) is 0 Å². The maximum absolute atomic E-state index is 12.0. The van der Waals surface area contributed by atoms with E-state index in [0.717, 1.165) is 6.42 Å². The Bertz CT molecular complexity index is 683. The van der Waals surface area contributed by atoms with E-state index in [9.17, 15) is 4.79 Å². The Hall–Kier alpha value is -2.00. The van der Waals surface area contributed by atoms with Crippen molar-refractivity contribution in [2.24, 2.45) is 0 Å². The molecule has 2 aromatic rings. The molecule has 0 unspecified atom stereocenters. The van der Waals surface area contributed by atoms with E-state index in [1.165, 1.54) is 16.7 Å². The minimum atomic E-state index is -0.0283. The average Bonchev–Trinajstić information content (AvgIpc) is 2.49. The number of methoxy groups -OCH3 is 1. The van der Waals surface area contributed by atoms with Crippen LogP contribution >= 0.6 is 11.6 Å². The number of benzene rings is 2. The summed E-state index contributed by atoms with van der Waals surface area (Å²) in [6, 6.07) is 11.5. The molecule has 0 atom stereocenters. The number of rotatable bonds is 5. The third-order valence-electron chi connectivity index (χ3n) is 3.65. The molecule has 0 aliphatic heterocycles. The molecular formula is C18H20ClNO2. The molecule has 1 amide bonds. The number of hydrogen-bond donors (Lipinski definition) is 1. The maximum Gasteiger partial charge on any atom is 0.224 e. The number of aryl methyl sites for hydroxylation is 3. The average molecular weight is 318 g/mol. The number of carbonyl (C=O) groups is 1. The van der Waals surface area contributed by atoms with Crippen LogP contribution in [0.25, 0.3) is 0 Å². The molecule has 0 aromatic heterocycles. The Labute approximate surface area is 136 Å². The first kappa shape index (κ1) is 16.4. The highest BCUT2D eigenvalue weighted by molar-refractivity contribution is 6.32. The lowest BCUT2D eigenvalue weighted by molar-refractivity contribution is -0.116. The molecule has 0 aliphatic rings. The lowest BCUT2D eigenvalue weighted by Gasteiger charge is -2.09. The molecule has 0 saturated carbocycles. The predicted molar refractivity (Wildman–Crippen MR) is 90.9 cm³/mol. The normalized spacial score (nSPS) is 10.4. The van der Waals surface area contributed by atoms with Crippen molar-refractivity contribution < 1.29 is 9.53 Å². The van der Waals surface area contributed by atoms with E-state index < -0.39 is 0 Å². The van der Waals surface area contributed by atoms with Crippen molar-refractivity contribution in [3.8, 4) is 5.75 Å². The van der Waals surface area contributed by atoms with E-state index in [4.69, 9.17) is 16.3 Å². The maximum atomic E-state index is 12.0. The van der Waals surface area contributed by atoms with Crippen molar-refractivity contribution >= 4 is 23.2 Å². The van der Waals surface area contributed by atoms with E-state index in [1.54, 1.807) is 25.3 Å². The van der Waals surface area contributed by atoms with Gasteiger partial charge in [0, 0.05) is 12.1 Å². The molecule has 0 saturated heterocycles. The zero-order chi connectivity index (χ0) is 16.1. The quantitative estimate of drug-likeness (QED) is 0.879. The number of amides is 1. The highest BCUT2D eigenvalue weighted by Crippen LogP contribution is 2.27. The topological polar surface area (TPSA) is 38.3 Å². The van der Waals surface area contributed by atoms with Gasteiger partial charge in [-0.25, -0.2) is 0 Å². The molecule has 0 spiro atoms. The number of anilines is 1. The highest BCUT2D eigenvalue weighted by Gasteiger charge is 2.06. The SMILES string of the molecule is COc1ccc(NC(=O)CCc2ccc(C)c(C)c2)cc1Cl. The molecule has 116 valence electrons. The van der Waals surface area contributed by atoms with Crippen LogP contribution in [-0.2, 0) is 11.2 Å². The van der Waals surface area contributed by atoms with Crippen LogP contribution in [0.5, 0.6) is 5.75 Å². The van der Waals surface area contributed by atoms with Gasteiger partial charge in [-0.3, -0.25) is 4.79 Å². The molecule has 22 heavy (non-hydrogen) atoms. The lowest BCUT2D eigenvalue weighted by Crippen LogP contribution is -2.12. The summed E-state index contributed by atoms with van der Waals surface area (Å²) in [7, 11) is 1.56. The summed E-state index contributed by atoms with van der Waals surface area (Å²) in [5.41, 5.74) is 4.36. The Kier molecular flexibility index (Phi) is 5.45. The van der Waals surface area contributed by atoms with Gasteiger partial charge < -0.3 is 10.1 Å². The Morgan fingerprint density at radius 3 is 2.55 bits per heavy atom. The molecule has 0 bridgehead atoms. The van der Waals surface area contributed by atoms with Crippen molar-refractivity contribution in [1.29, 1.82) is 0 Å². The third kappa shape index (κ3) is 4.25. The Balaban J connectivity index is 1.92. The summed E-state index contributed by atoms with van der Waals surface area (Å²) in [6.45, 7) is 4.16. The lowest BCUT2D eigenvalue weighted by atomic mass is 10.0. The van der Waals surface area contributed by atoms with Crippen molar-refractivity contribution in [2.75, 3.05) is 12.4 Å². The van der Waals surface area contributed by atoms with Gasteiger partial charge in [0.1, 0.15) is 5.75 Å². The van der Waals surface area contributed by atoms with Crippen LogP contribution in [0, 0.1) is 13.8 Å². The molecule has 1 N–H and O–H groups in total. The number of hydrogen-bond acceptors (Lipinski definition) is 2. The van der Waals surface area contributed by atoms with Gasteiger partial charge in [-0.2, -0.15) is 0 Å². The number of ether oxygens (including phenoxy) is 1. The van der Waals surface area contributed by atoms with E-state index in [1.807, 2.05) is 0 Å². The van der Waals surface area contributed by atoms with Gasteiger partial charge in [-0.1, -0.05) is 29.8 Å². The van der Waals surface area contributed by atoms with Crippen LogP contribution in [-0.4, -0.2) is 13.0 Å². The van der Waals surface area contributed by atoms with Crippen LogP contribution in [0.15, 0.2) is 36.4 Å². The Morgan fingerprint density at radius 1 is 1.14 bits per heavy atom. The number of nitrogens with one attached hydrogen (secondary N) is 1. The summed E-state index contributed by atoms with van der Waals surface area (Å²) >= 11 is 6.04. The van der Waals surface area contributed by atoms with Crippen molar-refractivity contribution in [3.05, 3.63) is 58.1 Å². The second kappa shape index (κ2) is 7.32. The zero-order valence-electron chi connectivity index (χ0n) is 13.1. The summed E-state index contributed by atoms with van der Waals surface area (Å²) in [5, 5.41) is 3.33. The van der Waals surface area contributed by atoms with Gasteiger partial charge in [0.25, 0.3) is 0 Å². The second-order valence-corrected chi connectivity index (χ2v) is 5.72. The van der Waals surface area contributed by atoms with E-state index in [2.05, 4.69) is 37.4 Å². The minimum Gasteiger partial charge on any atom is -0.495 e. The largest absolute Gasteiger partial charge is 0.495 e. The van der Waals surface area contributed by atoms with Gasteiger partial charge in [-0.05, 0) is 55.2 Å². The molecule has 3 nitrogen and oxygen atoms in total. The molecule has 2 rings (SSSR count). The standard InChI is InChI=1S/C18H20ClNO2/c1-12-4-5-14(10-13(12)2)6-9-18(21)20-15-7-8-17(22-3)16(19)11-15/h4-5,7-8,10-11H,6,9H2,1-3H3,(H,20,21). The number of carbonyl (C=O) groups excluding carboxylic acids is 1. The first-order valence-electron chi connectivity index (χ1n) is 7.19. The van der Waals surface area contributed by atoms with Crippen LogP contribution in [0.1, 0.15) is 23.1 Å². The number of halogens is 1. The summed E-state index contributed by atoms with van der Waals surface area (Å²) < 4.78 is 5.09. The van der Waals surface area contributed by atoms with E-state index >= 15 is 0 Å². The smallest absolute Gasteiger partial charge is 0.224 e. The second-order valence-electron chi connectivity index (χ2n) is 5.32. The molecule has 2 aromatic carbocycles. The van der Waals surface area contributed by atoms with Gasteiger partial charge in [0.15, 0.2) is 0 Å². The van der Waals surface area contributed by atoms with E-state index in [0.29, 0.717) is 22.9 Å². The molecule has 0 radical (unpaired) electrons. The molecular weight excluding hydrogens is 298 g/mol.